The number of ether oxygens (including phenoxy) is 2. The summed E-state index contributed by atoms with van der Waals surface area (Å²) in [5.41, 5.74) is 1.78. The normalized spacial score (nSPS) is 11.9. The number of aromatic nitrogens is 1. The predicted octanol–water partition coefficient (Wildman–Crippen LogP) is 4.38. The molecule has 0 aliphatic rings. The molecule has 1 heterocycles. The third-order valence-electron chi connectivity index (χ3n) is 4.38. The van der Waals surface area contributed by atoms with Gasteiger partial charge in [-0.25, -0.2) is 8.42 Å². The molecule has 28 heavy (non-hydrogen) atoms. The van der Waals surface area contributed by atoms with Gasteiger partial charge in [0.2, 0.25) is 9.84 Å². The molecule has 0 bridgehead atoms. The second-order valence-corrected chi connectivity index (χ2v) is 8.00. The van der Waals surface area contributed by atoms with Gasteiger partial charge in [-0.05, 0) is 42.8 Å². The average molecular weight is 395 g/mol. The fourth-order valence-corrected chi connectivity index (χ4v) is 4.45. The Kier molecular flexibility index (Phi) is 5.80. The molecule has 144 valence electrons. The van der Waals surface area contributed by atoms with E-state index in [0.717, 1.165) is 5.56 Å². The number of hydrogen-bond acceptors (Lipinski definition) is 5. The van der Waals surface area contributed by atoms with E-state index in [0.29, 0.717) is 22.8 Å². The number of rotatable bonds is 6. The van der Waals surface area contributed by atoms with Crippen LogP contribution in [0.2, 0.25) is 0 Å². The van der Waals surface area contributed by atoms with E-state index in [-0.39, 0.29) is 9.80 Å². The largest absolute Gasteiger partial charge is 0.497 e. The van der Waals surface area contributed by atoms with E-state index in [1.165, 1.54) is 0 Å². The standard InChI is InChI=1S/C22H21NO4S/c1-16-20(10-7-11-21(16)27-3)22(15-17-14-18(26-2)12-13-23-17)28(24,25)19-8-5-4-6-9-19/h4-15H,1-3H3/b22-15-. The Morgan fingerprint density at radius 1 is 0.964 bits per heavy atom. The van der Waals surface area contributed by atoms with Crippen molar-refractivity contribution in [3.63, 3.8) is 0 Å². The van der Waals surface area contributed by atoms with Crippen molar-refractivity contribution in [3.8, 4) is 11.5 Å². The molecule has 0 saturated carbocycles. The quantitative estimate of drug-likeness (QED) is 0.620. The summed E-state index contributed by atoms with van der Waals surface area (Å²) >= 11 is 0. The van der Waals surface area contributed by atoms with Crippen LogP contribution in [0.1, 0.15) is 16.8 Å². The van der Waals surface area contributed by atoms with Crippen LogP contribution < -0.4 is 9.47 Å². The van der Waals surface area contributed by atoms with E-state index in [1.54, 1.807) is 87.2 Å². The van der Waals surface area contributed by atoms with E-state index in [9.17, 15) is 8.42 Å². The summed E-state index contributed by atoms with van der Waals surface area (Å²) in [6, 6.07) is 17.1. The fraction of sp³-hybridized carbons (Fsp3) is 0.136. The van der Waals surface area contributed by atoms with Crippen LogP contribution in [-0.4, -0.2) is 27.6 Å². The maximum Gasteiger partial charge on any atom is 0.207 e. The first kappa shape index (κ1) is 19.6. The highest BCUT2D eigenvalue weighted by molar-refractivity contribution is 8.00. The smallest absolute Gasteiger partial charge is 0.207 e. The van der Waals surface area contributed by atoms with Crippen LogP contribution in [0.3, 0.4) is 0 Å². The van der Waals surface area contributed by atoms with Crippen molar-refractivity contribution in [2.45, 2.75) is 11.8 Å². The van der Waals surface area contributed by atoms with Crippen LogP contribution in [0.25, 0.3) is 11.0 Å². The molecule has 3 aromatic rings. The number of sulfone groups is 1. The van der Waals surface area contributed by atoms with Gasteiger partial charge in [0.05, 0.1) is 29.7 Å². The lowest BCUT2D eigenvalue weighted by Gasteiger charge is -2.15. The van der Waals surface area contributed by atoms with Crippen molar-refractivity contribution >= 4 is 20.8 Å². The number of methoxy groups -OCH3 is 2. The highest BCUT2D eigenvalue weighted by Crippen LogP contribution is 2.35. The first-order chi connectivity index (χ1) is 13.5. The van der Waals surface area contributed by atoms with E-state index >= 15 is 0 Å². The van der Waals surface area contributed by atoms with Crippen LogP contribution in [-0.2, 0) is 9.84 Å². The maximum atomic E-state index is 13.5. The lowest BCUT2D eigenvalue weighted by Crippen LogP contribution is -2.06. The molecule has 2 aromatic carbocycles. The van der Waals surface area contributed by atoms with Crippen LogP contribution in [0.4, 0.5) is 0 Å². The Hall–Kier alpha value is -3.12. The van der Waals surface area contributed by atoms with Gasteiger partial charge in [0.15, 0.2) is 0 Å². The minimum Gasteiger partial charge on any atom is -0.497 e. The van der Waals surface area contributed by atoms with Crippen molar-refractivity contribution in [3.05, 3.63) is 83.7 Å². The second-order valence-electron chi connectivity index (χ2n) is 6.08. The summed E-state index contributed by atoms with van der Waals surface area (Å²) in [7, 11) is -0.682. The molecule has 0 atom stereocenters. The van der Waals surface area contributed by atoms with Crippen molar-refractivity contribution < 1.29 is 17.9 Å². The van der Waals surface area contributed by atoms with Gasteiger partial charge in [-0.15, -0.1) is 0 Å². The summed E-state index contributed by atoms with van der Waals surface area (Å²) in [5, 5.41) is 0. The zero-order valence-corrected chi connectivity index (χ0v) is 16.7. The Balaban J connectivity index is 2.27. The predicted molar refractivity (Wildman–Crippen MR) is 110 cm³/mol. The number of hydrogen-bond donors (Lipinski definition) is 0. The van der Waals surface area contributed by atoms with Gasteiger partial charge < -0.3 is 9.47 Å². The van der Waals surface area contributed by atoms with Gasteiger partial charge in [0.25, 0.3) is 0 Å². The van der Waals surface area contributed by atoms with Gasteiger partial charge >= 0.3 is 0 Å². The number of pyridine rings is 1. The molecule has 0 radical (unpaired) electrons. The van der Waals surface area contributed by atoms with Gasteiger partial charge in [-0.2, -0.15) is 0 Å². The molecule has 0 aliphatic carbocycles. The summed E-state index contributed by atoms with van der Waals surface area (Å²) in [6.07, 6.45) is 3.14. The lowest BCUT2D eigenvalue weighted by atomic mass is 10.1. The SMILES string of the molecule is COc1ccnc(/C=C(/c2cccc(OC)c2C)S(=O)(=O)c2ccccc2)c1. The minimum absolute atomic E-state index is 0.149. The second kappa shape index (κ2) is 8.27. The topological polar surface area (TPSA) is 65.5 Å². The fourth-order valence-electron chi connectivity index (χ4n) is 2.90. The lowest BCUT2D eigenvalue weighted by molar-refractivity contribution is 0.411. The van der Waals surface area contributed by atoms with Gasteiger partial charge in [0.1, 0.15) is 11.5 Å². The highest BCUT2D eigenvalue weighted by atomic mass is 32.2. The average Bonchev–Trinajstić information content (AvgIpc) is 2.73. The first-order valence-electron chi connectivity index (χ1n) is 8.63. The molecule has 0 saturated heterocycles. The van der Waals surface area contributed by atoms with E-state index in [2.05, 4.69) is 4.98 Å². The Labute approximate surface area is 165 Å². The summed E-state index contributed by atoms with van der Waals surface area (Å²) < 4.78 is 37.6. The first-order valence-corrected chi connectivity index (χ1v) is 10.1. The molecule has 0 aliphatic heterocycles. The van der Waals surface area contributed by atoms with Gasteiger partial charge in [-0.3, -0.25) is 4.98 Å². The van der Waals surface area contributed by atoms with Crippen molar-refractivity contribution in [1.82, 2.24) is 4.98 Å². The molecule has 0 N–H and O–H groups in total. The van der Waals surface area contributed by atoms with Crippen LogP contribution in [0.5, 0.6) is 11.5 Å². The van der Waals surface area contributed by atoms with Crippen LogP contribution in [0.15, 0.2) is 71.8 Å². The maximum absolute atomic E-state index is 13.5. The molecular formula is C22H21NO4S. The van der Waals surface area contributed by atoms with E-state index in [4.69, 9.17) is 9.47 Å². The summed E-state index contributed by atoms with van der Waals surface area (Å²) in [4.78, 5) is 4.64. The summed E-state index contributed by atoms with van der Waals surface area (Å²) in [6.45, 7) is 1.83. The number of benzene rings is 2. The monoisotopic (exact) mass is 395 g/mol. The number of nitrogens with zero attached hydrogens (tertiary/aromatic N) is 1. The van der Waals surface area contributed by atoms with Crippen molar-refractivity contribution in [2.24, 2.45) is 0 Å². The van der Waals surface area contributed by atoms with E-state index in [1.807, 2.05) is 6.92 Å². The van der Waals surface area contributed by atoms with Crippen LogP contribution >= 0.6 is 0 Å². The Bertz CT molecular complexity index is 1110. The van der Waals surface area contributed by atoms with Crippen molar-refractivity contribution in [2.75, 3.05) is 14.2 Å². The third kappa shape index (κ3) is 3.92. The minimum atomic E-state index is -3.79. The molecule has 0 fully saturated rings. The van der Waals surface area contributed by atoms with E-state index < -0.39 is 9.84 Å². The van der Waals surface area contributed by atoms with Gasteiger partial charge in [-0.1, -0.05) is 30.3 Å². The molecule has 3 rings (SSSR count). The summed E-state index contributed by atoms with van der Waals surface area (Å²) in [5.74, 6) is 1.21. The molecule has 0 amide bonds. The zero-order chi connectivity index (χ0) is 20.1. The molecular weight excluding hydrogens is 374 g/mol. The molecule has 0 spiro atoms. The highest BCUT2D eigenvalue weighted by Gasteiger charge is 2.24. The molecule has 5 nitrogen and oxygen atoms in total. The Morgan fingerprint density at radius 2 is 1.71 bits per heavy atom. The zero-order valence-electron chi connectivity index (χ0n) is 15.9. The van der Waals surface area contributed by atoms with Crippen molar-refractivity contribution in [1.29, 1.82) is 0 Å². The third-order valence-corrected chi connectivity index (χ3v) is 6.19. The van der Waals surface area contributed by atoms with Crippen LogP contribution in [0, 0.1) is 6.92 Å². The van der Waals surface area contributed by atoms with Gasteiger partial charge in [0, 0.05) is 17.8 Å². The molecule has 0 unspecified atom stereocenters. The molecule has 6 heteroatoms. The molecule has 1 aromatic heterocycles. The Morgan fingerprint density at radius 3 is 2.39 bits per heavy atom.